The molecule has 0 amide bonds. The first-order valence-electron chi connectivity index (χ1n) is 8.74. The van der Waals surface area contributed by atoms with Gasteiger partial charge in [-0.25, -0.2) is 0 Å². The number of hydrogen-bond donors (Lipinski definition) is 1. The number of unbranched alkanes of at least 4 members (excludes halogenated alkanes) is 5. The summed E-state index contributed by atoms with van der Waals surface area (Å²) >= 11 is 0. The van der Waals surface area contributed by atoms with E-state index in [0.29, 0.717) is 6.61 Å². The van der Waals surface area contributed by atoms with Crippen molar-refractivity contribution < 1.29 is 9.42 Å². The summed E-state index contributed by atoms with van der Waals surface area (Å²) in [5, 5.41) is 1.83. The minimum atomic E-state index is -3.08. The van der Waals surface area contributed by atoms with Crippen LogP contribution in [0.4, 0.5) is 0 Å². The van der Waals surface area contributed by atoms with Gasteiger partial charge in [-0.1, -0.05) is 0 Å². The summed E-state index contributed by atoms with van der Waals surface area (Å²) in [5.74, 6) is 0. The van der Waals surface area contributed by atoms with E-state index in [1.165, 1.54) is 32.1 Å². The number of benzene rings is 2. The van der Waals surface area contributed by atoms with Crippen molar-refractivity contribution in [2.24, 2.45) is 0 Å². The van der Waals surface area contributed by atoms with Crippen LogP contribution in [0.15, 0.2) is 60.7 Å². The van der Waals surface area contributed by atoms with Crippen LogP contribution in [0.1, 0.15) is 45.4 Å². The summed E-state index contributed by atoms with van der Waals surface area (Å²) in [6.45, 7) is 2.85. The molecule has 1 N–H and O–H groups in total. The second kappa shape index (κ2) is 9.82. The summed E-state index contributed by atoms with van der Waals surface area (Å²) in [6, 6.07) is 19.7. The fourth-order valence-corrected chi connectivity index (χ4v) is 5.16. The van der Waals surface area contributed by atoms with E-state index in [9.17, 15) is 4.89 Å². The SMILES string of the molecule is CCCCCCCCO[PH](O)(c1ccccc1)c1ccccc1. The molecule has 2 nitrogen and oxygen atoms in total. The second-order valence-corrected chi connectivity index (χ2v) is 8.72. The molecular weight excluding hydrogens is 303 g/mol. The van der Waals surface area contributed by atoms with E-state index in [1.807, 2.05) is 60.7 Å². The Labute approximate surface area is 141 Å². The van der Waals surface area contributed by atoms with Gasteiger partial charge in [0.15, 0.2) is 0 Å². The summed E-state index contributed by atoms with van der Waals surface area (Å²) in [7, 11) is -3.08. The molecule has 0 aliphatic carbocycles. The Kier molecular flexibility index (Phi) is 7.74. The third kappa shape index (κ3) is 5.42. The van der Waals surface area contributed by atoms with Crippen LogP contribution in [0.2, 0.25) is 0 Å². The Bertz CT molecular complexity index is 503. The van der Waals surface area contributed by atoms with Gasteiger partial charge in [-0.05, 0) is 0 Å². The van der Waals surface area contributed by atoms with E-state index >= 15 is 0 Å². The summed E-state index contributed by atoms with van der Waals surface area (Å²) in [4.78, 5) is 11.3. The Morgan fingerprint density at radius 1 is 0.739 bits per heavy atom. The molecule has 0 saturated heterocycles. The third-order valence-corrected chi connectivity index (χ3v) is 6.99. The molecule has 0 unspecified atom stereocenters. The van der Waals surface area contributed by atoms with Crippen molar-refractivity contribution in [3.05, 3.63) is 60.7 Å². The molecule has 2 aromatic carbocycles. The molecule has 23 heavy (non-hydrogen) atoms. The third-order valence-electron chi connectivity index (χ3n) is 4.14. The van der Waals surface area contributed by atoms with Gasteiger partial charge < -0.3 is 0 Å². The van der Waals surface area contributed by atoms with E-state index in [0.717, 1.165) is 17.0 Å². The van der Waals surface area contributed by atoms with E-state index < -0.39 is 7.72 Å². The Balaban J connectivity index is 1.98. The topological polar surface area (TPSA) is 29.5 Å². The molecule has 0 fully saturated rings. The molecule has 0 aliphatic heterocycles. The normalized spacial score (nSPS) is 12.3. The summed E-state index contributed by atoms with van der Waals surface area (Å²) in [6.07, 6.45) is 7.33. The molecule has 2 rings (SSSR count). The van der Waals surface area contributed by atoms with Crippen molar-refractivity contribution in [2.45, 2.75) is 45.4 Å². The van der Waals surface area contributed by atoms with Crippen LogP contribution in [0.5, 0.6) is 0 Å². The average molecular weight is 332 g/mol. The number of hydrogen-bond acceptors (Lipinski definition) is 2. The van der Waals surface area contributed by atoms with Crippen molar-refractivity contribution in [1.82, 2.24) is 0 Å². The standard InChI is InChI=1S/C20H29O2P/c1-2-3-4-5-6-13-18-22-23(21,19-14-9-7-10-15-19)20-16-11-8-12-17-20/h7-12,14-17,21,23H,2-6,13,18H2,1H3. The molecule has 3 heteroatoms. The van der Waals surface area contributed by atoms with Crippen molar-refractivity contribution in [3.8, 4) is 0 Å². The molecular formula is C20H29O2P. The van der Waals surface area contributed by atoms with Gasteiger partial charge in [0.2, 0.25) is 0 Å². The number of rotatable bonds is 10. The Morgan fingerprint density at radius 3 is 1.74 bits per heavy atom. The monoisotopic (exact) mass is 332 g/mol. The van der Waals surface area contributed by atoms with E-state index in [1.54, 1.807) is 0 Å². The molecule has 0 atom stereocenters. The molecule has 0 aliphatic rings. The zero-order valence-corrected chi connectivity index (χ0v) is 15.1. The zero-order valence-electron chi connectivity index (χ0n) is 14.1. The molecule has 0 spiro atoms. The van der Waals surface area contributed by atoms with E-state index in [4.69, 9.17) is 4.52 Å². The van der Waals surface area contributed by atoms with Crippen molar-refractivity contribution in [1.29, 1.82) is 0 Å². The van der Waals surface area contributed by atoms with Gasteiger partial charge in [0.25, 0.3) is 0 Å². The molecule has 0 heterocycles. The second-order valence-electron chi connectivity index (χ2n) is 5.99. The van der Waals surface area contributed by atoms with Crippen molar-refractivity contribution in [2.75, 3.05) is 6.61 Å². The van der Waals surface area contributed by atoms with Gasteiger partial charge in [0, 0.05) is 0 Å². The first-order valence-corrected chi connectivity index (χ1v) is 10.6. The molecule has 0 aromatic heterocycles. The Hall–Kier alpha value is -1.21. The summed E-state index contributed by atoms with van der Waals surface area (Å²) < 4.78 is 6.10. The van der Waals surface area contributed by atoms with Gasteiger partial charge in [-0.2, -0.15) is 0 Å². The van der Waals surface area contributed by atoms with Gasteiger partial charge in [-0.15, -0.1) is 0 Å². The molecule has 0 radical (unpaired) electrons. The van der Waals surface area contributed by atoms with Crippen LogP contribution in [0, 0.1) is 0 Å². The zero-order chi connectivity index (χ0) is 16.4. The molecule has 2 aromatic rings. The van der Waals surface area contributed by atoms with Gasteiger partial charge in [0.1, 0.15) is 0 Å². The minimum absolute atomic E-state index is 0.624. The first kappa shape index (κ1) is 18.1. The van der Waals surface area contributed by atoms with E-state index in [-0.39, 0.29) is 0 Å². The van der Waals surface area contributed by atoms with Crippen molar-refractivity contribution >= 4 is 18.3 Å². The molecule has 0 saturated carbocycles. The quantitative estimate of drug-likeness (QED) is 0.509. The fourth-order valence-electron chi connectivity index (χ4n) is 2.76. The maximum atomic E-state index is 11.3. The summed E-state index contributed by atoms with van der Waals surface area (Å²) in [5.41, 5.74) is 0. The van der Waals surface area contributed by atoms with Crippen LogP contribution in [-0.2, 0) is 4.52 Å². The van der Waals surface area contributed by atoms with Crippen molar-refractivity contribution in [3.63, 3.8) is 0 Å². The van der Waals surface area contributed by atoms with Crippen LogP contribution >= 0.6 is 7.72 Å². The predicted molar refractivity (Wildman–Crippen MR) is 102 cm³/mol. The first-order chi connectivity index (χ1) is 11.3. The van der Waals surface area contributed by atoms with E-state index in [2.05, 4.69) is 6.92 Å². The van der Waals surface area contributed by atoms with Gasteiger partial charge >= 0.3 is 140 Å². The predicted octanol–water partition coefficient (Wildman–Crippen LogP) is 4.59. The molecule has 0 bridgehead atoms. The van der Waals surface area contributed by atoms with Crippen LogP contribution in [0.25, 0.3) is 0 Å². The van der Waals surface area contributed by atoms with Crippen LogP contribution in [-0.4, -0.2) is 11.5 Å². The fraction of sp³-hybridized carbons (Fsp3) is 0.400. The average Bonchev–Trinajstić information content (AvgIpc) is 2.62. The van der Waals surface area contributed by atoms with Crippen LogP contribution in [0.3, 0.4) is 0 Å². The Morgan fingerprint density at radius 2 is 1.22 bits per heavy atom. The van der Waals surface area contributed by atoms with Gasteiger partial charge in [0.05, 0.1) is 0 Å². The van der Waals surface area contributed by atoms with Crippen LogP contribution < -0.4 is 10.6 Å². The molecule has 126 valence electrons. The van der Waals surface area contributed by atoms with Gasteiger partial charge in [-0.3, -0.25) is 0 Å². The maximum absolute atomic E-state index is 11.3.